The lowest BCUT2D eigenvalue weighted by Crippen LogP contribution is -3.00. The Kier molecular flexibility index (Phi) is 18.9. The number of thiocarbonyl (C=S) groups is 1. The zero-order chi connectivity index (χ0) is 12.1. The molecule has 0 saturated heterocycles. The van der Waals surface area contributed by atoms with Crippen molar-refractivity contribution in [3.05, 3.63) is 0 Å². The standard InChI is InChI=1S/C13H28N2S.BrH/c1-2-3-4-5-6-7-8-9-10-11-12-15-13(14)16;/h2-12H2,1H3,(H3,14,15,16);1H. The second-order valence-electron chi connectivity index (χ2n) is 4.53. The summed E-state index contributed by atoms with van der Waals surface area (Å²) in [5.41, 5.74) is 3.64. The van der Waals surface area contributed by atoms with Crippen LogP contribution in [0.2, 0.25) is 0 Å². The highest BCUT2D eigenvalue weighted by Crippen LogP contribution is 2.10. The topological polar surface area (TPSA) is 39.7 Å². The molecule has 0 heterocycles. The van der Waals surface area contributed by atoms with Gasteiger partial charge in [-0.3, -0.25) is 0 Å². The van der Waals surface area contributed by atoms with Crippen molar-refractivity contribution in [2.45, 2.75) is 71.1 Å². The van der Waals surface area contributed by atoms with Crippen LogP contribution < -0.4 is 28.0 Å². The lowest BCUT2D eigenvalue weighted by molar-refractivity contribution is -0.215. The maximum atomic E-state index is 4.84. The fourth-order valence-corrected chi connectivity index (χ4v) is 1.94. The first-order chi connectivity index (χ1) is 7.77. The van der Waals surface area contributed by atoms with Crippen molar-refractivity contribution in [1.82, 2.24) is 5.32 Å². The van der Waals surface area contributed by atoms with E-state index < -0.39 is 0 Å². The normalized spacial score (nSPS) is 9.76. The Morgan fingerprint density at radius 2 is 1.29 bits per heavy atom. The molecule has 4 N–H and O–H groups in total. The van der Waals surface area contributed by atoms with Crippen molar-refractivity contribution in [3.8, 4) is 0 Å². The smallest absolute Gasteiger partial charge is 0.264 e. The third kappa shape index (κ3) is 18.9. The van der Waals surface area contributed by atoms with E-state index in [0.29, 0.717) is 5.11 Å². The van der Waals surface area contributed by atoms with Gasteiger partial charge in [0.2, 0.25) is 0 Å². The van der Waals surface area contributed by atoms with E-state index in [2.05, 4.69) is 18.0 Å². The molecule has 0 aromatic heterocycles. The Labute approximate surface area is 123 Å². The summed E-state index contributed by atoms with van der Waals surface area (Å²) in [6.45, 7) is 3.27. The highest BCUT2D eigenvalue weighted by molar-refractivity contribution is 7.79. The van der Waals surface area contributed by atoms with Gasteiger partial charge in [-0.25, -0.2) is 0 Å². The Morgan fingerprint density at radius 3 is 1.71 bits per heavy atom. The lowest BCUT2D eigenvalue weighted by atomic mass is 10.1. The van der Waals surface area contributed by atoms with Crippen molar-refractivity contribution < 1.29 is 22.7 Å². The van der Waals surface area contributed by atoms with Crippen LogP contribution in [-0.4, -0.2) is 11.7 Å². The summed E-state index contributed by atoms with van der Waals surface area (Å²) in [4.78, 5) is 0. The van der Waals surface area contributed by atoms with Crippen molar-refractivity contribution >= 4 is 17.3 Å². The van der Waals surface area contributed by atoms with E-state index >= 15 is 0 Å². The molecule has 0 aliphatic heterocycles. The van der Waals surface area contributed by atoms with E-state index in [-0.39, 0.29) is 17.0 Å². The Morgan fingerprint density at radius 1 is 0.882 bits per heavy atom. The molecule has 17 heavy (non-hydrogen) atoms. The van der Waals surface area contributed by atoms with Gasteiger partial charge in [-0.15, -0.1) is 0 Å². The Balaban J connectivity index is 0. The van der Waals surface area contributed by atoms with Gasteiger partial charge in [0.1, 0.15) is 0 Å². The van der Waals surface area contributed by atoms with E-state index in [4.69, 9.17) is 12.2 Å². The van der Waals surface area contributed by atoms with Crippen LogP contribution in [-0.2, 0) is 0 Å². The van der Waals surface area contributed by atoms with Crippen LogP contribution in [0.1, 0.15) is 71.1 Å². The molecule has 0 spiro atoms. The minimum absolute atomic E-state index is 0. The van der Waals surface area contributed by atoms with Crippen molar-refractivity contribution in [2.75, 3.05) is 6.54 Å². The second-order valence-corrected chi connectivity index (χ2v) is 5.02. The highest BCUT2D eigenvalue weighted by atomic mass is 79.9. The Bertz CT molecular complexity index is 165. The van der Waals surface area contributed by atoms with E-state index in [1.165, 1.54) is 64.2 Å². The van der Waals surface area contributed by atoms with Gasteiger partial charge in [0.25, 0.3) is 5.11 Å². The molecule has 0 fully saturated rings. The summed E-state index contributed by atoms with van der Waals surface area (Å²) < 4.78 is 0. The summed E-state index contributed by atoms with van der Waals surface area (Å²) in [5.74, 6) is 0. The van der Waals surface area contributed by atoms with Crippen LogP contribution in [0.25, 0.3) is 0 Å². The first kappa shape index (κ1) is 19.7. The zero-order valence-electron chi connectivity index (χ0n) is 11.3. The molecule has 0 aromatic carbocycles. The molecular weight excluding hydrogens is 296 g/mol. The SMILES string of the molecule is CCCCCCCCCCCCNC([NH3+])=S.[Br-]. The third-order valence-corrected chi connectivity index (χ3v) is 3.00. The first-order valence-electron chi connectivity index (χ1n) is 6.87. The number of nitrogens with one attached hydrogen (secondary N) is 1. The average molecular weight is 325 g/mol. The predicted molar refractivity (Wildman–Crippen MR) is 75.3 cm³/mol. The molecule has 0 rings (SSSR count). The number of quaternary nitrogens is 1. The van der Waals surface area contributed by atoms with Gasteiger partial charge in [-0.1, -0.05) is 64.7 Å². The fourth-order valence-electron chi connectivity index (χ4n) is 1.84. The largest absolute Gasteiger partial charge is 1.00 e. The molecule has 104 valence electrons. The van der Waals surface area contributed by atoms with Gasteiger partial charge in [0, 0.05) is 18.8 Å². The lowest BCUT2D eigenvalue weighted by Gasteiger charge is -2.02. The number of rotatable bonds is 11. The summed E-state index contributed by atoms with van der Waals surface area (Å²) in [6.07, 6.45) is 13.8. The van der Waals surface area contributed by atoms with Gasteiger partial charge in [0.15, 0.2) is 0 Å². The molecule has 0 unspecified atom stereocenters. The minimum Gasteiger partial charge on any atom is -1.00 e. The van der Waals surface area contributed by atoms with Crippen LogP contribution in [0.15, 0.2) is 0 Å². The number of hydrogen-bond acceptors (Lipinski definition) is 1. The molecule has 0 atom stereocenters. The van der Waals surface area contributed by atoms with Gasteiger partial charge in [-0.2, -0.15) is 0 Å². The van der Waals surface area contributed by atoms with Crippen molar-refractivity contribution in [3.63, 3.8) is 0 Å². The fraction of sp³-hybridized carbons (Fsp3) is 0.923. The quantitative estimate of drug-likeness (QED) is 0.416. The van der Waals surface area contributed by atoms with Crippen molar-refractivity contribution in [2.24, 2.45) is 0 Å². The van der Waals surface area contributed by atoms with E-state index in [1.54, 1.807) is 0 Å². The van der Waals surface area contributed by atoms with E-state index in [1.807, 2.05) is 0 Å². The first-order valence-corrected chi connectivity index (χ1v) is 7.28. The second kappa shape index (κ2) is 16.3. The van der Waals surface area contributed by atoms with Crippen LogP contribution in [0.5, 0.6) is 0 Å². The number of hydrogen-bond donors (Lipinski definition) is 2. The minimum atomic E-state index is 0. The summed E-state index contributed by atoms with van der Waals surface area (Å²) in [5, 5.41) is 3.77. The maximum absolute atomic E-state index is 4.84. The van der Waals surface area contributed by atoms with E-state index in [9.17, 15) is 0 Å². The van der Waals surface area contributed by atoms with Crippen LogP contribution in [0.4, 0.5) is 0 Å². The monoisotopic (exact) mass is 324 g/mol. The van der Waals surface area contributed by atoms with Gasteiger partial charge in [-0.05, 0) is 6.42 Å². The molecule has 0 aliphatic carbocycles. The summed E-state index contributed by atoms with van der Waals surface area (Å²) in [6, 6.07) is 0. The Hall–Kier alpha value is 0.330. The molecule has 0 aliphatic rings. The molecular formula is C13H29BrN2S. The van der Waals surface area contributed by atoms with E-state index in [0.717, 1.165) is 6.54 Å². The molecule has 0 aromatic rings. The number of unbranched alkanes of at least 4 members (excludes halogenated alkanes) is 9. The van der Waals surface area contributed by atoms with Gasteiger partial charge in [0.05, 0.1) is 0 Å². The highest BCUT2D eigenvalue weighted by Gasteiger charge is 1.93. The average Bonchev–Trinajstić information content (AvgIpc) is 2.25. The maximum Gasteiger partial charge on any atom is 0.264 e. The number of halogens is 1. The molecule has 0 amide bonds. The van der Waals surface area contributed by atoms with Gasteiger partial charge >= 0.3 is 0 Å². The van der Waals surface area contributed by atoms with Crippen LogP contribution in [0.3, 0.4) is 0 Å². The summed E-state index contributed by atoms with van der Waals surface area (Å²) >= 11 is 4.84. The molecule has 0 radical (unpaired) electrons. The van der Waals surface area contributed by atoms with Crippen LogP contribution >= 0.6 is 12.2 Å². The van der Waals surface area contributed by atoms with Crippen LogP contribution in [0, 0.1) is 0 Å². The molecule has 4 heteroatoms. The van der Waals surface area contributed by atoms with Gasteiger partial charge < -0.3 is 28.0 Å². The molecule has 0 bridgehead atoms. The molecule has 2 nitrogen and oxygen atoms in total. The molecule has 0 saturated carbocycles. The predicted octanol–water partition coefficient (Wildman–Crippen LogP) is 0.0277. The van der Waals surface area contributed by atoms with Crippen molar-refractivity contribution in [1.29, 1.82) is 0 Å². The third-order valence-electron chi connectivity index (χ3n) is 2.85. The summed E-state index contributed by atoms with van der Waals surface area (Å²) in [7, 11) is 0. The zero-order valence-corrected chi connectivity index (χ0v) is 13.7.